The highest BCUT2D eigenvalue weighted by atomic mass is 19.4. The van der Waals surface area contributed by atoms with Gasteiger partial charge in [0, 0.05) is 37.6 Å². The number of nitrogens with zero attached hydrogens (tertiary/aromatic N) is 1. The molecular formula is C16H16F3N3O. The Morgan fingerprint density at radius 2 is 2.00 bits per heavy atom. The minimum absolute atomic E-state index is 0.136. The van der Waals surface area contributed by atoms with Gasteiger partial charge in [0.25, 0.3) is 0 Å². The molecule has 0 bridgehead atoms. The van der Waals surface area contributed by atoms with E-state index in [0.717, 1.165) is 17.7 Å². The fourth-order valence-electron chi connectivity index (χ4n) is 1.93. The van der Waals surface area contributed by atoms with Crippen molar-refractivity contribution in [2.75, 3.05) is 11.9 Å². The second kappa shape index (κ2) is 7.73. The Morgan fingerprint density at radius 1 is 1.17 bits per heavy atom. The Labute approximate surface area is 131 Å². The summed E-state index contributed by atoms with van der Waals surface area (Å²) >= 11 is 0. The molecule has 0 aliphatic carbocycles. The van der Waals surface area contributed by atoms with Crippen LogP contribution in [0.15, 0.2) is 48.8 Å². The Balaban J connectivity index is 1.77. The van der Waals surface area contributed by atoms with Gasteiger partial charge in [0.05, 0.1) is 5.56 Å². The van der Waals surface area contributed by atoms with E-state index in [9.17, 15) is 18.0 Å². The predicted molar refractivity (Wildman–Crippen MR) is 80.6 cm³/mol. The van der Waals surface area contributed by atoms with Gasteiger partial charge in [-0.05, 0) is 29.8 Å². The molecule has 122 valence electrons. The summed E-state index contributed by atoms with van der Waals surface area (Å²) in [7, 11) is 0. The molecule has 2 aromatic rings. The molecule has 1 heterocycles. The minimum atomic E-state index is -4.42. The molecule has 0 spiro atoms. The van der Waals surface area contributed by atoms with Crippen molar-refractivity contribution in [3.63, 3.8) is 0 Å². The highest BCUT2D eigenvalue weighted by molar-refractivity contribution is 5.90. The highest BCUT2D eigenvalue weighted by Crippen LogP contribution is 2.30. The molecule has 0 aliphatic heterocycles. The number of nitrogens with one attached hydrogen (secondary N) is 2. The highest BCUT2D eigenvalue weighted by Gasteiger charge is 2.30. The van der Waals surface area contributed by atoms with E-state index in [4.69, 9.17) is 0 Å². The maximum absolute atomic E-state index is 12.6. The van der Waals surface area contributed by atoms with Crippen LogP contribution in [0.1, 0.15) is 17.5 Å². The lowest BCUT2D eigenvalue weighted by atomic mass is 10.2. The third kappa shape index (κ3) is 5.71. The normalized spacial score (nSPS) is 11.3. The van der Waals surface area contributed by atoms with E-state index in [1.165, 1.54) is 12.1 Å². The topological polar surface area (TPSA) is 54.0 Å². The fourth-order valence-corrected chi connectivity index (χ4v) is 1.93. The van der Waals surface area contributed by atoms with Gasteiger partial charge < -0.3 is 10.6 Å². The molecule has 0 unspecified atom stereocenters. The van der Waals surface area contributed by atoms with Crippen molar-refractivity contribution in [2.24, 2.45) is 0 Å². The van der Waals surface area contributed by atoms with Crippen LogP contribution in [0.2, 0.25) is 0 Å². The van der Waals surface area contributed by atoms with Gasteiger partial charge >= 0.3 is 6.18 Å². The zero-order valence-electron chi connectivity index (χ0n) is 12.2. The molecule has 0 aliphatic rings. The Morgan fingerprint density at radius 3 is 2.70 bits per heavy atom. The first kappa shape index (κ1) is 17.0. The first-order chi connectivity index (χ1) is 10.9. The number of aromatic nitrogens is 1. The van der Waals surface area contributed by atoms with Crippen LogP contribution in [0.3, 0.4) is 0 Å². The van der Waals surface area contributed by atoms with Crippen LogP contribution in [0.5, 0.6) is 0 Å². The van der Waals surface area contributed by atoms with Gasteiger partial charge in [-0.15, -0.1) is 0 Å². The van der Waals surface area contributed by atoms with E-state index in [2.05, 4.69) is 15.6 Å². The van der Waals surface area contributed by atoms with Crippen molar-refractivity contribution in [2.45, 2.75) is 19.1 Å². The summed E-state index contributed by atoms with van der Waals surface area (Å²) in [5, 5.41) is 5.53. The molecule has 1 aromatic carbocycles. The summed E-state index contributed by atoms with van der Waals surface area (Å²) in [4.78, 5) is 15.7. The lowest BCUT2D eigenvalue weighted by molar-refractivity contribution is -0.137. The Hall–Kier alpha value is -2.41. The lowest BCUT2D eigenvalue weighted by Gasteiger charge is -2.10. The molecule has 0 radical (unpaired) electrons. The maximum Gasteiger partial charge on any atom is 0.416 e. The number of carbonyl (C=O) groups is 1. The van der Waals surface area contributed by atoms with Crippen LogP contribution < -0.4 is 10.6 Å². The van der Waals surface area contributed by atoms with Crippen LogP contribution >= 0.6 is 0 Å². The number of carbonyl (C=O) groups excluding carboxylic acids is 1. The van der Waals surface area contributed by atoms with Gasteiger partial charge in [-0.3, -0.25) is 9.78 Å². The molecule has 0 atom stereocenters. The smallest absolute Gasteiger partial charge is 0.326 e. The van der Waals surface area contributed by atoms with Crippen LogP contribution in [0.4, 0.5) is 18.9 Å². The quantitative estimate of drug-likeness (QED) is 0.803. The number of pyridine rings is 1. The van der Waals surface area contributed by atoms with Gasteiger partial charge in [0.15, 0.2) is 0 Å². The van der Waals surface area contributed by atoms with Gasteiger partial charge in [-0.1, -0.05) is 12.1 Å². The molecule has 23 heavy (non-hydrogen) atoms. The lowest BCUT2D eigenvalue weighted by Crippen LogP contribution is -2.21. The third-order valence-corrected chi connectivity index (χ3v) is 3.05. The van der Waals surface area contributed by atoms with Crippen LogP contribution in [-0.2, 0) is 17.5 Å². The summed E-state index contributed by atoms with van der Waals surface area (Å²) in [5.41, 5.74) is 0.341. The Kier molecular flexibility index (Phi) is 5.70. The second-order valence-corrected chi connectivity index (χ2v) is 4.91. The zero-order valence-corrected chi connectivity index (χ0v) is 12.2. The first-order valence-corrected chi connectivity index (χ1v) is 7.02. The van der Waals surface area contributed by atoms with E-state index in [-0.39, 0.29) is 18.0 Å². The molecule has 1 aromatic heterocycles. The number of halogens is 3. The largest absolute Gasteiger partial charge is 0.416 e. The van der Waals surface area contributed by atoms with E-state index in [1.54, 1.807) is 12.4 Å². The van der Waals surface area contributed by atoms with Crippen molar-refractivity contribution >= 4 is 11.6 Å². The monoisotopic (exact) mass is 323 g/mol. The molecule has 0 saturated heterocycles. The number of amides is 1. The third-order valence-electron chi connectivity index (χ3n) is 3.05. The van der Waals surface area contributed by atoms with Crippen molar-refractivity contribution in [1.82, 2.24) is 10.3 Å². The van der Waals surface area contributed by atoms with Gasteiger partial charge in [0.1, 0.15) is 0 Å². The SMILES string of the molecule is O=C(CCNCc1cccnc1)Nc1cccc(C(F)(F)F)c1. The van der Waals surface area contributed by atoms with E-state index in [1.807, 2.05) is 12.1 Å². The predicted octanol–water partition coefficient (Wildman–Crippen LogP) is 3.22. The zero-order chi connectivity index (χ0) is 16.7. The van der Waals surface area contributed by atoms with E-state index in [0.29, 0.717) is 13.1 Å². The molecule has 1 amide bonds. The van der Waals surface area contributed by atoms with Crippen LogP contribution in [-0.4, -0.2) is 17.4 Å². The average Bonchev–Trinajstić information content (AvgIpc) is 2.52. The second-order valence-electron chi connectivity index (χ2n) is 4.91. The number of alkyl halides is 3. The molecular weight excluding hydrogens is 307 g/mol. The summed E-state index contributed by atoms with van der Waals surface area (Å²) < 4.78 is 37.8. The van der Waals surface area contributed by atoms with Crippen molar-refractivity contribution < 1.29 is 18.0 Å². The number of hydrogen-bond donors (Lipinski definition) is 2. The summed E-state index contributed by atoms with van der Waals surface area (Å²) in [6, 6.07) is 8.29. The molecule has 0 fully saturated rings. The van der Waals surface area contributed by atoms with Crippen molar-refractivity contribution in [3.05, 3.63) is 59.9 Å². The van der Waals surface area contributed by atoms with Crippen LogP contribution in [0.25, 0.3) is 0 Å². The van der Waals surface area contributed by atoms with Gasteiger partial charge in [-0.2, -0.15) is 13.2 Å². The first-order valence-electron chi connectivity index (χ1n) is 7.02. The summed E-state index contributed by atoms with van der Waals surface area (Å²) in [6.45, 7) is 0.990. The molecule has 7 heteroatoms. The van der Waals surface area contributed by atoms with Gasteiger partial charge in [0.2, 0.25) is 5.91 Å². The van der Waals surface area contributed by atoms with Crippen LogP contribution in [0, 0.1) is 0 Å². The number of anilines is 1. The number of rotatable bonds is 6. The minimum Gasteiger partial charge on any atom is -0.326 e. The number of benzene rings is 1. The maximum atomic E-state index is 12.6. The molecule has 0 saturated carbocycles. The fraction of sp³-hybridized carbons (Fsp3) is 0.250. The molecule has 4 nitrogen and oxygen atoms in total. The number of hydrogen-bond acceptors (Lipinski definition) is 3. The summed E-state index contributed by atoms with van der Waals surface area (Å²) in [5.74, 6) is -0.344. The van der Waals surface area contributed by atoms with Crippen molar-refractivity contribution in [3.8, 4) is 0 Å². The molecule has 2 rings (SSSR count). The average molecular weight is 323 g/mol. The van der Waals surface area contributed by atoms with Crippen molar-refractivity contribution in [1.29, 1.82) is 0 Å². The Bertz CT molecular complexity index is 645. The van der Waals surface area contributed by atoms with E-state index >= 15 is 0 Å². The van der Waals surface area contributed by atoms with Gasteiger partial charge in [-0.25, -0.2) is 0 Å². The molecule has 2 N–H and O–H groups in total. The van der Waals surface area contributed by atoms with E-state index < -0.39 is 11.7 Å². The summed E-state index contributed by atoms with van der Waals surface area (Å²) in [6.07, 6.45) is -0.871. The standard InChI is InChI=1S/C16H16F3N3O/c17-16(18,19)13-4-1-5-14(9-13)22-15(23)6-8-21-11-12-3-2-7-20-10-12/h1-5,7,9-10,21H,6,8,11H2,(H,22,23).